The Morgan fingerprint density at radius 2 is 2.05 bits per heavy atom. The number of hydroxylamine groups is 1. The van der Waals surface area contributed by atoms with Gasteiger partial charge in [0.25, 0.3) is 6.41 Å². The predicted octanol–water partition coefficient (Wildman–Crippen LogP) is 4.83. The lowest BCUT2D eigenvalue weighted by molar-refractivity contribution is -0.102. The van der Waals surface area contributed by atoms with Crippen LogP contribution < -0.4 is 15.6 Å². The van der Waals surface area contributed by atoms with Gasteiger partial charge in [-0.05, 0) is 56.7 Å². The number of aromatic nitrogens is 3. The van der Waals surface area contributed by atoms with E-state index in [9.17, 15) is 9.90 Å². The summed E-state index contributed by atoms with van der Waals surface area (Å²) in [6, 6.07) is 8.81. The van der Waals surface area contributed by atoms with E-state index in [1.165, 1.54) is 11.3 Å². The zero-order valence-electron chi connectivity index (χ0n) is 20.4. The molecule has 10 nitrogen and oxygen atoms in total. The van der Waals surface area contributed by atoms with Crippen LogP contribution >= 0.6 is 22.9 Å². The SMILES string of the molecule is Cc1cc([C@@H](C)Oc2ccc(Cl)nc2C2=NC(O)ON2)c2oc(-c3cnc4scnc4c3)c(C)c(=O)c2c1. The van der Waals surface area contributed by atoms with E-state index in [1.54, 1.807) is 36.8 Å². The Morgan fingerprint density at radius 1 is 1.21 bits per heavy atom. The molecule has 0 saturated carbocycles. The van der Waals surface area contributed by atoms with Gasteiger partial charge in [-0.2, -0.15) is 0 Å². The maximum Gasteiger partial charge on any atom is 0.280 e. The number of hydrogen-bond acceptors (Lipinski definition) is 11. The second kappa shape index (κ2) is 9.44. The van der Waals surface area contributed by atoms with Crippen molar-refractivity contribution >= 4 is 50.1 Å². The Bertz CT molecular complexity index is 1820. The zero-order valence-corrected chi connectivity index (χ0v) is 21.9. The number of hydrogen-bond donors (Lipinski definition) is 2. The van der Waals surface area contributed by atoms with Crippen molar-refractivity contribution < 1.29 is 19.1 Å². The smallest absolute Gasteiger partial charge is 0.280 e. The fourth-order valence-corrected chi connectivity index (χ4v) is 5.11. The first kappa shape index (κ1) is 24.4. The van der Waals surface area contributed by atoms with Crippen LogP contribution in [-0.2, 0) is 4.84 Å². The highest BCUT2D eigenvalue weighted by Crippen LogP contribution is 2.34. The highest BCUT2D eigenvalue weighted by Gasteiger charge is 2.25. The number of aryl methyl sites for hydroxylation is 1. The van der Waals surface area contributed by atoms with Gasteiger partial charge in [0.1, 0.15) is 38.7 Å². The Kier molecular flexibility index (Phi) is 6.07. The molecule has 1 aliphatic heterocycles. The molecule has 0 spiro atoms. The third-order valence-electron chi connectivity index (χ3n) is 6.13. The van der Waals surface area contributed by atoms with Gasteiger partial charge in [0.15, 0.2) is 17.0 Å². The molecule has 38 heavy (non-hydrogen) atoms. The number of benzene rings is 1. The van der Waals surface area contributed by atoms with Crippen molar-refractivity contribution in [1.29, 1.82) is 0 Å². The number of fused-ring (bicyclic) bond motifs is 2. The van der Waals surface area contributed by atoms with Crippen molar-refractivity contribution in [1.82, 2.24) is 20.4 Å². The monoisotopic (exact) mass is 549 g/mol. The Morgan fingerprint density at radius 3 is 2.84 bits per heavy atom. The van der Waals surface area contributed by atoms with Crippen LogP contribution in [0.15, 0.2) is 56.2 Å². The quantitative estimate of drug-likeness (QED) is 0.296. The molecule has 192 valence electrons. The van der Waals surface area contributed by atoms with Gasteiger partial charge < -0.3 is 14.3 Å². The summed E-state index contributed by atoms with van der Waals surface area (Å²) in [6.45, 7) is 5.49. The molecule has 1 aromatic carbocycles. The summed E-state index contributed by atoms with van der Waals surface area (Å²) in [4.78, 5) is 36.2. The number of pyridine rings is 2. The largest absolute Gasteiger partial charge is 0.483 e. The number of aliphatic hydroxyl groups excluding tert-OH is 1. The van der Waals surface area contributed by atoms with Crippen molar-refractivity contribution in [2.24, 2.45) is 4.99 Å². The summed E-state index contributed by atoms with van der Waals surface area (Å²) in [5.74, 6) is 0.936. The predicted molar refractivity (Wildman–Crippen MR) is 143 cm³/mol. The number of aliphatic hydroxyl groups is 1. The molecule has 6 rings (SSSR count). The van der Waals surface area contributed by atoms with Crippen LogP contribution in [0, 0.1) is 13.8 Å². The van der Waals surface area contributed by atoms with Gasteiger partial charge >= 0.3 is 0 Å². The molecule has 2 atom stereocenters. The maximum absolute atomic E-state index is 13.5. The molecule has 0 fully saturated rings. The Labute approximate surface area is 224 Å². The number of amidine groups is 1. The average molecular weight is 550 g/mol. The van der Waals surface area contributed by atoms with E-state index in [0.717, 1.165) is 15.9 Å². The molecule has 12 heteroatoms. The van der Waals surface area contributed by atoms with E-state index < -0.39 is 12.5 Å². The van der Waals surface area contributed by atoms with E-state index >= 15 is 0 Å². The lowest BCUT2D eigenvalue weighted by atomic mass is 10.00. The molecule has 1 aliphatic rings. The van der Waals surface area contributed by atoms with Crippen molar-refractivity contribution in [3.8, 4) is 17.1 Å². The van der Waals surface area contributed by atoms with Gasteiger partial charge in [-0.25, -0.2) is 30.3 Å². The fraction of sp³-hybridized carbons (Fsp3) is 0.192. The van der Waals surface area contributed by atoms with Gasteiger partial charge in [0, 0.05) is 22.9 Å². The van der Waals surface area contributed by atoms with E-state index in [-0.39, 0.29) is 22.1 Å². The van der Waals surface area contributed by atoms with Crippen LogP contribution in [0.2, 0.25) is 5.15 Å². The molecule has 0 saturated heterocycles. The number of nitrogens with zero attached hydrogens (tertiary/aromatic N) is 4. The molecule has 1 unspecified atom stereocenters. The molecule has 2 N–H and O–H groups in total. The molecule has 5 aromatic rings. The molecule has 0 aliphatic carbocycles. The second-order valence-corrected chi connectivity index (χ2v) is 10.0. The van der Waals surface area contributed by atoms with Gasteiger partial charge in [0.05, 0.1) is 10.9 Å². The van der Waals surface area contributed by atoms with E-state index in [0.29, 0.717) is 39.2 Å². The number of halogens is 1. The Balaban J connectivity index is 1.47. The van der Waals surface area contributed by atoms with Crippen LogP contribution in [0.5, 0.6) is 5.75 Å². The van der Waals surface area contributed by atoms with Crippen LogP contribution in [0.25, 0.3) is 32.6 Å². The van der Waals surface area contributed by atoms with Crippen molar-refractivity contribution in [2.75, 3.05) is 0 Å². The number of rotatable bonds is 5. The summed E-state index contributed by atoms with van der Waals surface area (Å²) in [6.07, 6.45) is -0.265. The zero-order chi connectivity index (χ0) is 26.6. The van der Waals surface area contributed by atoms with Crippen LogP contribution in [0.1, 0.15) is 35.4 Å². The molecular formula is C26H20ClN5O5S. The van der Waals surface area contributed by atoms with Gasteiger partial charge in [0.2, 0.25) is 0 Å². The molecule has 0 radical (unpaired) electrons. The first-order chi connectivity index (χ1) is 18.3. The van der Waals surface area contributed by atoms with Crippen LogP contribution in [0.3, 0.4) is 0 Å². The fourth-order valence-electron chi connectivity index (χ4n) is 4.35. The van der Waals surface area contributed by atoms with E-state index in [2.05, 4.69) is 25.4 Å². The molecule has 0 amide bonds. The van der Waals surface area contributed by atoms with Crippen LogP contribution in [-0.4, -0.2) is 32.3 Å². The standard InChI is InChI=1S/C26H20ClN5O5S/c1-11-6-15(13(3)35-18-4-5-19(27)30-20(18)24-31-26(34)37-32-24)23-16(7-11)21(33)12(2)22(36-23)14-8-17-25(28-9-14)38-10-29-17/h4-10,13,26,34H,1-3H3,(H,31,32)/t13-,26?/m1/s1. The van der Waals surface area contributed by atoms with Crippen LogP contribution in [0.4, 0.5) is 0 Å². The lowest BCUT2D eigenvalue weighted by Gasteiger charge is -2.19. The lowest BCUT2D eigenvalue weighted by Crippen LogP contribution is -2.21. The van der Waals surface area contributed by atoms with E-state index in [1.807, 2.05) is 26.0 Å². The Hall–Kier alpha value is -3.90. The molecule has 5 heterocycles. The maximum atomic E-state index is 13.5. The summed E-state index contributed by atoms with van der Waals surface area (Å²) in [5, 5.41) is 10.3. The summed E-state index contributed by atoms with van der Waals surface area (Å²) in [7, 11) is 0. The molecule has 4 aromatic heterocycles. The summed E-state index contributed by atoms with van der Waals surface area (Å²) < 4.78 is 12.7. The van der Waals surface area contributed by atoms with Crippen molar-refractivity contribution in [2.45, 2.75) is 33.3 Å². The molecule has 0 bridgehead atoms. The first-order valence-corrected chi connectivity index (χ1v) is 12.8. The highest BCUT2D eigenvalue weighted by atomic mass is 35.5. The van der Waals surface area contributed by atoms with E-state index in [4.69, 9.17) is 25.6 Å². The summed E-state index contributed by atoms with van der Waals surface area (Å²) in [5.41, 5.74) is 8.19. The van der Waals surface area contributed by atoms with Gasteiger partial charge in [-0.1, -0.05) is 11.6 Å². The van der Waals surface area contributed by atoms with Gasteiger partial charge in [-0.15, -0.1) is 11.3 Å². The minimum absolute atomic E-state index is 0.138. The highest BCUT2D eigenvalue weighted by molar-refractivity contribution is 7.16. The van der Waals surface area contributed by atoms with Crippen molar-refractivity contribution in [3.05, 3.63) is 79.8 Å². The third kappa shape index (κ3) is 4.29. The summed E-state index contributed by atoms with van der Waals surface area (Å²) >= 11 is 7.55. The number of nitrogens with one attached hydrogen (secondary N) is 1. The molecular weight excluding hydrogens is 530 g/mol. The number of thiazole rings is 1. The normalized spacial score (nSPS) is 16.0. The minimum Gasteiger partial charge on any atom is -0.483 e. The average Bonchev–Trinajstić information content (AvgIpc) is 3.55. The topological polar surface area (TPSA) is 132 Å². The number of aliphatic imine (C=N–C) groups is 1. The first-order valence-electron chi connectivity index (χ1n) is 11.6. The third-order valence-corrected chi connectivity index (χ3v) is 7.09. The van der Waals surface area contributed by atoms with Crippen molar-refractivity contribution in [3.63, 3.8) is 0 Å². The number of ether oxygens (including phenoxy) is 1. The van der Waals surface area contributed by atoms with Gasteiger partial charge in [-0.3, -0.25) is 4.79 Å². The second-order valence-electron chi connectivity index (χ2n) is 8.78. The minimum atomic E-state index is -1.37.